The van der Waals surface area contributed by atoms with Crippen molar-refractivity contribution in [2.45, 2.75) is 27.3 Å². The number of H-pyrrole nitrogens is 1. The third-order valence-electron chi connectivity index (χ3n) is 4.05. The van der Waals surface area contributed by atoms with Gasteiger partial charge in [-0.15, -0.1) is 0 Å². The van der Waals surface area contributed by atoms with Gasteiger partial charge < -0.3 is 9.73 Å². The van der Waals surface area contributed by atoms with Crippen molar-refractivity contribution in [2.75, 3.05) is 0 Å². The zero-order valence-electron chi connectivity index (χ0n) is 14.2. The van der Waals surface area contributed by atoms with E-state index in [2.05, 4.69) is 20.5 Å². The first-order valence-corrected chi connectivity index (χ1v) is 7.83. The number of nitrogens with one attached hydrogen (secondary N) is 2. The number of hydrogen-bond donors (Lipinski definition) is 2. The second-order valence-corrected chi connectivity index (χ2v) is 5.71. The minimum absolute atomic E-state index is 0.0936. The van der Waals surface area contributed by atoms with Gasteiger partial charge in [-0.05, 0) is 38.5 Å². The molecular formula is C18H18N4O3. The Morgan fingerprint density at radius 1 is 1.20 bits per heavy atom. The number of aromatic nitrogens is 3. The van der Waals surface area contributed by atoms with Crippen LogP contribution in [0.5, 0.6) is 0 Å². The van der Waals surface area contributed by atoms with Gasteiger partial charge in [0.25, 0.3) is 11.5 Å². The lowest BCUT2D eigenvalue weighted by molar-refractivity contribution is 0.0945. The number of aryl methyl sites for hydroxylation is 2. The zero-order chi connectivity index (χ0) is 18.0. The van der Waals surface area contributed by atoms with Gasteiger partial charge in [-0.2, -0.15) is 5.10 Å². The number of amides is 1. The first kappa shape index (κ1) is 16.6. The molecule has 3 rings (SSSR count). The molecule has 0 unspecified atom stereocenters. The summed E-state index contributed by atoms with van der Waals surface area (Å²) in [7, 11) is 0. The predicted octanol–water partition coefficient (Wildman–Crippen LogP) is 2.28. The molecule has 0 aliphatic heterocycles. The smallest absolute Gasteiger partial charge is 0.273 e. The highest BCUT2D eigenvalue weighted by Gasteiger charge is 2.18. The number of hydrogen-bond acceptors (Lipinski definition) is 5. The lowest BCUT2D eigenvalue weighted by Gasteiger charge is -2.07. The number of carbonyl (C=O) groups is 1. The monoisotopic (exact) mass is 338 g/mol. The molecule has 0 radical (unpaired) electrons. The lowest BCUT2D eigenvalue weighted by Crippen LogP contribution is -2.29. The Bertz CT molecular complexity index is 974. The van der Waals surface area contributed by atoms with Crippen LogP contribution in [0.4, 0.5) is 0 Å². The molecule has 25 heavy (non-hydrogen) atoms. The highest BCUT2D eigenvalue weighted by molar-refractivity contribution is 5.93. The molecule has 0 aliphatic carbocycles. The van der Waals surface area contributed by atoms with Crippen LogP contribution in [0.2, 0.25) is 0 Å². The Balaban J connectivity index is 1.80. The lowest BCUT2D eigenvalue weighted by atomic mass is 10.1. The van der Waals surface area contributed by atoms with Crippen LogP contribution in [0.15, 0.2) is 39.5 Å². The second kappa shape index (κ2) is 6.72. The van der Waals surface area contributed by atoms with E-state index in [-0.39, 0.29) is 17.8 Å². The summed E-state index contributed by atoms with van der Waals surface area (Å²) in [6, 6.07) is 9.35. The third-order valence-corrected chi connectivity index (χ3v) is 4.05. The van der Waals surface area contributed by atoms with Crippen LogP contribution >= 0.6 is 0 Å². The quantitative estimate of drug-likeness (QED) is 0.760. The van der Waals surface area contributed by atoms with E-state index in [9.17, 15) is 9.59 Å². The fourth-order valence-electron chi connectivity index (χ4n) is 2.45. The summed E-state index contributed by atoms with van der Waals surface area (Å²) in [6.45, 7) is 5.37. The molecule has 1 amide bonds. The molecule has 0 saturated carbocycles. The van der Waals surface area contributed by atoms with Crippen LogP contribution < -0.4 is 10.9 Å². The molecule has 0 saturated heterocycles. The summed E-state index contributed by atoms with van der Waals surface area (Å²) in [5, 5.41) is 9.04. The molecule has 128 valence electrons. The summed E-state index contributed by atoms with van der Waals surface area (Å²) < 4.78 is 5.59. The average Bonchev–Trinajstić information content (AvgIpc) is 3.01. The first-order valence-electron chi connectivity index (χ1n) is 7.83. The molecule has 0 fully saturated rings. The van der Waals surface area contributed by atoms with Crippen LogP contribution in [-0.2, 0) is 6.54 Å². The summed E-state index contributed by atoms with van der Waals surface area (Å²) >= 11 is 0. The molecule has 0 spiro atoms. The van der Waals surface area contributed by atoms with Gasteiger partial charge in [0, 0.05) is 17.7 Å². The zero-order valence-corrected chi connectivity index (χ0v) is 14.2. The molecule has 7 nitrogen and oxygen atoms in total. The molecule has 0 atom stereocenters. The third kappa shape index (κ3) is 3.35. The van der Waals surface area contributed by atoms with Crippen molar-refractivity contribution in [3.8, 4) is 11.5 Å². The van der Waals surface area contributed by atoms with Crippen molar-refractivity contribution in [1.29, 1.82) is 0 Å². The minimum atomic E-state index is -0.392. The highest BCUT2D eigenvalue weighted by Crippen LogP contribution is 2.21. The van der Waals surface area contributed by atoms with E-state index < -0.39 is 5.91 Å². The van der Waals surface area contributed by atoms with Crippen molar-refractivity contribution in [3.05, 3.63) is 69.0 Å². The minimum Gasteiger partial charge on any atom is -0.441 e. The normalized spacial score (nSPS) is 10.7. The standard InChI is InChI=1S/C18H18N4O3/c1-10-11(2)21-22-16(23)14(10)9-19-17(24)15-12(3)25-18(20-15)13-7-5-4-6-8-13/h4-8H,9H2,1-3H3,(H,19,24)(H,22,23). The molecule has 0 bridgehead atoms. The van der Waals surface area contributed by atoms with Gasteiger partial charge in [-0.25, -0.2) is 10.1 Å². The van der Waals surface area contributed by atoms with Crippen LogP contribution in [0.25, 0.3) is 11.5 Å². The van der Waals surface area contributed by atoms with Crippen LogP contribution in [-0.4, -0.2) is 21.1 Å². The van der Waals surface area contributed by atoms with E-state index in [4.69, 9.17) is 4.42 Å². The van der Waals surface area contributed by atoms with Crippen molar-refractivity contribution in [1.82, 2.24) is 20.5 Å². The Hall–Kier alpha value is -3.22. The molecule has 2 aromatic heterocycles. The van der Waals surface area contributed by atoms with Gasteiger partial charge in [0.2, 0.25) is 5.89 Å². The Kier molecular flexibility index (Phi) is 4.47. The summed E-state index contributed by atoms with van der Waals surface area (Å²) in [5.74, 6) is 0.418. The summed E-state index contributed by atoms with van der Waals surface area (Å²) in [4.78, 5) is 28.6. The Morgan fingerprint density at radius 2 is 1.92 bits per heavy atom. The number of carbonyl (C=O) groups excluding carboxylic acids is 1. The Morgan fingerprint density at radius 3 is 2.64 bits per heavy atom. The SMILES string of the molecule is Cc1n[nH]c(=O)c(CNC(=O)c2nc(-c3ccccc3)oc2C)c1C. The van der Waals surface area contributed by atoms with Crippen molar-refractivity contribution in [3.63, 3.8) is 0 Å². The van der Waals surface area contributed by atoms with Gasteiger partial charge in [0.1, 0.15) is 5.76 Å². The number of nitrogens with zero attached hydrogens (tertiary/aromatic N) is 2. The number of aromatic amines is 1. The molecular weight excluding hydrogens is 320 g/mol. The maximum absolute atomic E-state index is 12.4. The second-order valence-electron chi connectivity index (χ2n) is 5.71. The van der Waals surface area contributed by atoms with Crippen LogP contribution in [0, 0.1) is 20.8 Å². The van der Waals surface area contributed by atoms with Crippen LogP contribution in [0.3, 0.4) is 0 Å². The number of benzene rings is 1. The molecule has 2 N–H and O–H groups in total. The molecule has 1 aromatic carbocycles. The van der Waals surface area contributed by atoms with Gasteiger partial charge in [0.15, 0.2) is 5.69 Å². The van der Waals surface area contributed by atoms with E-state index in [1.54, 1.807) is 20.8 Å². The van der Waals surface area contributed by atoms with Gasteiger partial charge in [-0.1, -0.05) is 18.2 Å². The fourth-order valence-corrected chi connectivity index (χ4v) is 2.45. The maximum atomic E-state index is 12.4. The van der Waals surface area contributed by atoms with Gasteiger partial charge in [0.05, 0.1) is 5.69 Å². The summed E-state index contributed by atoms with van der Waals surface area (Å²) in [6.07, 6.45) is 0. The number of oxazole rings is 1. The van der Waals surface area contributed by atoms with Gasteiger partial charge in [-0.3, -0.25) is 9.59 Å². The van der Waals surface area contributed by atoms with Crippen molar-refractivity contribution < 1.29 is 9.21 Å². The maximum Gasteiger partial charge on any atom is 0.273 e. The van der Waals surface area contributed by atoms with E-state index in [1.807, 2.05) is 30.3 Å². The topological polar surface area (TPSA) is 101 Å². The van der Waals surface area contributed by atoms with E-state index in [0.717, 1.165) is 11.1 Å². The number of rotatable bonds is 4. The Labute approximate surface area is 144 Å². The van der Waals surface area contributed by atoms with E-state index in [1.165, 1.54) is 0 Å². The average molecular weight is 338 g/mol. The van der Waals surface area contributed by atoms with Crippen LogP contribution in [0.1, 0.15) is 33.1 Å². The largest absolute Gasteiger partial charge is 0.441 e. The van der Waals surface area contributed by atoms with Gasteiger partial charge >= 0.3 is 0 Å². The predicted molar refractivity (Wildman–Crippen MR) is 92.2 cm³/mol. The van der Waals surface area contributed by atoms with Crippen molar-refractivity contribution >= 4 is 5.91 Å². The van der Waals surface area contributed by atoms with E-state index >= 15 is 0 Å². The molecule has 0 aliphatic rings. The molecule has 2 heterocycles. The summed E-state index contributed by atoms with van der Waals surface area (Å²) in [5.41, 5.74) is 2.63. The fraction of sp³-hybridized carbons (Fsp3) is 0.222. The van der Waals surface area contributed by atoms with Crippen molar-refractivity contribution in [2.24, 2.45) is 0 Å². The first-order chi connectivity index (χ1) is 12.0. The molecule has 3 aromatic rings. The highest BCUT2D eigenvalue weighted by atomic mass is 16.4. The van der Waals surface area contributed by atoms with E-state index in [0.29, 0.717) is 22.9 Å². The molecule has 7 heteroatoms.